The average Bonchev–Trinajstić information content (AvgIpc) is 2.18. The molecule has 0 aromatic heterocycles. The fourth-order valence-corrected chi connectivity index (χ4v) is 1.41. The van der Waals surface area contributed by atoms with Gasteiger partial charge in [-0.25, -0.2) is 4.39 Å². The lowest BCUT2D eigenvalue weighted by Gasteiger charge is -2.17. The molecular weight excluding hydrogens is 213 g/mol. The summed E-state index contributed by atoms with van der Waals surface area (Å²) >= 11 is 4.85. The first-order chi connectivity index (χ1) is 7.04. The van der Waals surface area contributed by atoms with Crippen LogP contribution in [0.1, 0.15) is 18.9 Å². The molecule has 1 unspecified atom stereocenters. The van der Waals surface area contributed by atoms with Gasteiger partial charge in [0.05, 0.1) is 0 Å². The van der Waals surface area contributed by atoms with Gasteiger partial charge in [-0.2, -0.15) is 0 Å². The molecule has 2 N–H and O–H groups in total. The van der Waals surface area contributed by atoms with Gasteiger partial charge in [-0.05, 0) is 25.0 Å². The van der Waals surface area contributed by atoms with Crippen LogP contribution in [0.15, 0.2) is 18.2 Å². The van der Waals surface area contributed by atoms with Gasteiger partial charge < -0.3 is 10.5 Å². The fourth-order valence-electron chi connectivity index (χ4n) is 1.20. The number of benzene rings is 1. The van der Waals surface area contributed by atoms with Crippen LogP contribution in [0.5, 0.6) is 5.75 Å². The Bertz CT molecular complexity index is 368. The Morgan fingerprint density at radius 2 is 2.27 bits per heavy atom. The van der Waals surface area contributed by atoms with Gasteiger partial charge in [0.2, 0.25) is 0 Å². The van der Waals surface area contributed by atoms with Gasteiger partial charge in [0.25, 0.3) is 0 Å². The Labute approximate surface area is 94.2 Å². The molecule has 1 atom stereocenters. The Morgan fingerprint density at radius 3 is 2.80 bits per heavy atom. The zero-order chi connectivity index (χ0) is 11.4. The summed E-state index contributed by atoms with van der Waals surface area (Å²) in [5.74, 6) is 0.169. The summed E-state index contributed by atoms with van der Waals surface area (Å²) in [6.07, 6.45) is 0.339. The van der Waals surface area contributed by atoms with E-state index in [1.54, 1.807) is 6.07 Å². The molecule has 1 rings (SSSR count). The van der Waals surface area contributed by atoms with Crippen molar-refractivity contribution in [3.63, 3.8) is 0 Å². The van der Waals surface area contributed by atoms with Crippen molar-refractivity contribution < 1.29 is 9.13 Å². The van der Waals surface area contributed by atoms with E-state index in [2.05, 4.69) is 0 Å². The van der Waals surface area contributed by atoms with Crippen molar-refractivity contribution in [3.05, 3.63) is 29.6 Å². The molecule has 0 aliphatic carbocycles. The van der Waals surface area contributed by atoms with Crippen LogP contribution in [0, 0.1) is 12.7 Å². The molecule has 0 aliphatic heterocycles. The molecular formula is C11H14FNOS. The van der Waals surface area contributed by atoms with Gasteiger partial charge in [0.15, 0.2) is 0 Å². The maximum absolute atomic E-state index is 13.0. The van der Waals surface area contributed by atoms with Crippen molar-refractivity contribution in [2.24, 2.45) is 5.73 Å². The summed E-state index contributed by atoms with van der Waals surface area (Å²) in [7, 11) is 0. The van der Waals surface area contributed by atoms with Crippen LogP contribution in [0.4, 0.5) is 4.39 Å². The molecule has 0 aliphatic rings. The van der Waals surface area contributed by atoms with E-state index in [4.69, 9.17) is 22.7 Å². The van der Waals surface area contributed by atoms with Crippen molar-refractivity contribution in [2.75, 3.05) is 0 Å². The predicted octanol–water partition coefficient (Wildman–Crippen LogP) is 2.58. The lowest BCUT2D eigenvalue weighted by molar-refractivity contribution is 0.261. The minimum Gasteiger partial charge on any atom is -0.483 e. The topological polar surface area (TPSA) is 35.2 Å². The van der Waals surface area contributed by atoms with E-state index >= 15 is 0 Å². The summed E-state index contributed by atoms with van der Waals surface area (Å²) in [5, 5.41) is 0. The summed E-state index contributed by atoms with van der Waals surface area (Å²) in [5.41, 5.74) is 6.36. The zero-order valence-electron chi connectivity index (χ0n) is 8.79. The maximum Gasteiger partial charge on any atom is 0.148 e. The van der Waals surface area contributed by atoms with E-state index in [1.165, 1.54) is 12.1 Å². The first-order valence-electron chi connectivity index (χ1n) is 4.76. The number of rotatable bonds is 4. The Kier molecular flexibility index (Phi) is 4.03. The van der Waals surface area contributed by atoms with Gasteiger partial charge in [0, 0.05) is 6.07 Å². The summed E-state index contributed by atoms with van der Waals surface area (Å²) in [4.78, 5) is 0.293. The number of hydrogen-bond acceptors (Lipinski definition) is 2. The molecule has 0 amide bonds. The number of nitrogens with two attached hydrogens (primary N) is 1. The number of ether oxygens (including phenoxy) is 1. The molecule has 1 aromatic rings. The SMILES string of the molecule is CCC(Oc1cc(F)ccc1C)C(N)=S. The summed E-state index contributed by atoms with van der Waals surface area (Å²) in [6.45, 7) is 3.76. The number of hydrogen-bond donors (Lipinski definition) is 1. The van der Waals surface area contributed by atoms with E-state index in [9.17, 15) is 4.39 Å². The molecule has 0 bridgehead atoms. The first-order valence-corrected chi connectivity index (χ1v) is 5.17. The molecule has 2 nitrogen and oxygen atoms in total. The predicted molar refractivity (Wildman–Crippen MR) is 62.6 cm³/mol. The number of aryl methyl sites for hydroxylation is 1. The van der Waals surface area contributed by atoms with Gasteiger partial charge in [-0.15, -0.1) is 0 Å². The number of halogens is 1. The minimum absolute atomic E-state index is 0.293. The van der Waals surface area contributed by atoms with Gasteiger partial charge in [-0.3, -0.25) is 0 Å². The van der Waals surface area contributed by atoms with Crippen LogP contribution in [0.3, 0.4) is 0 Å². The standard InChI is InChI=1S/C11H14FNOS/c1-3-9(11(13)15)14-10-6-8(12)5-4-7(10)2/h4-6,9H,3H2,1-2H3,(H2,13,15). The quantitative estimate of drug-likeness (QED) is 0.803. The molecule has 15 heavy (non-hydrogen) atoms. The van der Waals surface area contributed by atoms with E-state index in [1.807, 2.05) is 13.8 Å². The molecule has 4 heteroatoms. The lowest BCUT2D eigenvalue weighted by atomic mass is 10.2. The highest BCUT2D eigenvalue weighted by Gasteiger charge is 2.12. The second-order valence-corrected chi connectivity index (χ2v) is 3.80. The van der Waals surface area contributed by atoms with Crippen molar-refractivity contribution in [3.8, 4) is 5.75 Å². The Balaban J connectivity index is 2.87. The third-order valence-corrected chi connectivity index (χ3v) is 2.37. The molecule has 0 saturated heterocycles. The van der Waals surface area contributed by atoms with E-state index in [0.717, 1.165) is 5.56 Å². The zero-order valence-corrected chi connectivity index (χ0v) is 9.60. The van der Waals surface area contributed by atoms with Crippen molar-refractivity contribution in [1.29, 1.82) is 0 Å². The summed E-state index contributed by atoms with van der Waals surface area (Å²) < 4.78 is 18.5. The third kappa shape index (κ3) is 3.16. The molecule has 0 saturated carbocycles. The fraction of sp³-hybridized carbons (Fsp3) is 0.364. The highest BCUT2D eigenvalue weighted by molar-refractivity contribution is 7.80. The maximum atomic E-state index is 13.0. The lowest BCUT2D eigenvalue weighted by Crippen LogP contribution is -2.31. The van der Waals surface area contributed by atoms with Crippen LogP contribution in [0.2, 0.25) is 0 Å². The van der Waals surface area contributed by atoms with Crippen LogP contribution < -0.4 is 10.5 Å². The average molecular weight is 227 g/mol. The monoisotopic (exact) mass is 227 g/mol. The van der Waals surface area contributed by atoms with Crippen LogP contribution in [-0.2, 0) is 0 Å². The highest BCUT2D eigenvalue weighted by Crippen LogP contribution is 2.20. The molecule has 0 spiro atoms. The Morgan fingerprint density at radius 1 is 1.60 bits per heavy atom. The van der Waals surface area contributed by atoms with Crippen molar-refractivity contribution in [1.82, 2.24) is 0 Å². The highest BCUT2D eigenvalue weighted by atomic mass is 32.1. The van der Waals surface area contributed by atoms with Crippen molar-refractivity contribution in [2.45, 2.75) is 26.4 Å². The molecule has 1 aromatic carbocycles. The van der Waals surface area contributed by atoms with Gasteiger partial charge in [0.1, 0.15) is 22.7 Å². The summed E-state index contributed by atoms with van der Waals surface area (Å²) in [6, 6.07) is 4.40. The largest absolute Gasteiger partial charge is 0.483 e. The molecule has 0 heterocycles. The second kappa shape index (κ2) is 5.07. The second-order valence-electron chi connectivity index (χ2n) is 3.33. The Hall–Kier alpha value is -1.16. The normalized spacial score (nSPS) is 12.2. The molecule has 0 radical (unpaired) electrons. The molecule has 82 valence electrons. The van der Waals surface area contributed by atoms with Crippen molar-refractivity contribution >= 4 is 17.2 Å². The van der Waals surface area contributed by atoms with E-state index in [0.29, 0.717) is 17.2 Å². The van der Waals surface area contributed by atoms with E-state index < -0.39 is 0 Å². The first kappa shape index (κ1) is 11.9. The minimum atomic E-state index is -0.333. The van der Waals surface area contributed by atoms with Crippen LogP contribution in [0.25, 0.3) is 0 Å². The van der Waals surface area contributed by atoms with Gasteiger partial charge >= 0.3 is 0 Å². The van der Waals surface area contributed by atoms with E-state index in [-0.39, 0.29) is 11.9 Å². The molecule has 0 fully saturated rings. The third-order valence-electron chi connectivity index (χ3n) is 2.11. The van der Waals surface area contributed by atoms with Crippen LogP contribution in [-0.4, -0.2) is 11.1 Å². The number of thiocarbonyl (C=S) groups is 1. The van der Waals surface area contributed by atoms with Gasteiger partial charge in [-0.1, -0.05) is 25.2 Å². The smallest absolute Gasteiger partial charge is 0.148 e. The van der Waals surface area contributed by atoms with Crippen LogP contribution >= 0.6 is 12.2 Å².